The highest BCUT2D eigenvalue weighted by molar-refractivity contribution is 5.80. The average Bonchev–Trinajstić information content (AvgIpc) is 2.37. The summed E-state index contributed by atoms with van der Waals surface area (Å²) < 4.78 is 0. The van der Waals surface area contributed by atoms with Gasteiger partial charge in [-0.1, -0.05) is 50.6 Å². The van der Waals surface area contributed by atoms with Crippen LogP contribution < -0.4 is 11.1 Å². The first-order valence-corrected chi connectivity index (χ1v) is 6.69. The van der Waals surface area contributed by atoms with E-state index in [1.807, 2.05) is 52.0 Å². The number of hydrazone groups is 1. The molecule has 21 heavy (non-hydrogen) atoms. The Morgan fingerprint density at radius 2 is 2.10 bits per heavy atom. The lowest BCUT2D eigenvalue weighted by Gasteiger charge is -2.18. The minimum atomic E-state index is -0.503. The summed E-state index contributed by atoms with van der Waals surface area (Å²) in [5, 5.41) is 10.5. The fourth-order valence-electron chi connectivity index (χ4n) is 1.86. The van der Waals surface area contributed by atoms with E-state index in [4.69, 9.17) is 0 Å². The van der Waals surface area contributed by atoms with E-state index in [0.29, 0.717) is 11.5 Å². The van der Waals surface area contributed by atoms with E-state index in [1.54, 1.807) is 6.21 Å². The predicted molar refractivity (Wildman–Crippen MR) is 83.7 cm³/mol. The maximum atomic E-state index is 11.3. The van der Waals surface area contributed by atoms with Gasteiger partial charge in [0.05, 0.1) is 6.21 Å². The normalized spacial score (nSPS) is 11.8. The SMILES string of the molecule is Cc1cccc(/C=N/Nc2nc(=O)[nH]nc2C(C)(C)C)c1. The van der Waals surface area contributed by atoms with E-state index in [-0.39, 0.29) is 5.41 Å². The number of nitrogens with one attached hydrogen (secondary N) is 2. The summed E-state index contributed by atoms with van der Waals surface area (Å²) in [5.74, 6) is 0.371. The smallest absolute Gasteiger partial charge is 0.260 e. The lowest BCUT2D eigenvalue weighted by molar-refractivity contribution is 0.553. The standard InChI is InChI=1S/C15H19N5O/c1-10-6-5-7-11(8-10)9-16-19-13-12(15(2,3)4)18-20-14(21)17-13/h5-9H,1-4H3,(H2,17,19,20,21)/b16-9+. The fraction of sp³-hybridized carbons (Fsp3) is 0.333. The van der Waals surface area contributed by atoms with Crippen LogP contribution in [0.15, 0.2) is 34.2 Å². The van der Waals surface area contributed by atoms with Crippen LogP contribution in [0.3, 0.4) is 0 Å². The van der Waals surface area contributed by atoms with Crippen molar-refractivity contribution in [2.45, 2.75) is 33.1 Å². The minimum absolute atomic E-state index is 0.252. The number of hydrogen-bond donors (Lipinski definition) is 2. The summed E-state index contributed by atoms with van der Waals surface area (Å²) in [4.78, 5) is 15.2. The van der Waals surface area contributed by atoms with Crippen molar-refractivity contribution in [3.8, 4) is 0 Å². The number of aryl methyl sites for hydroxylation is 1. The van der Waals surface area contributed by atoms with Crippen LogP contribution in [0.25, 0.3) is 0 Å². The number of anilines is 1. The Labute approximate surface area is 123 Å². The zero-order chi connectivity index (χ0) is 15.5. The molecule has 1 heterocycles. The third-order valence-electron chi connectivity index (χ3n) is 2.84. The van der Waals surface area contributed by atoms with Crippen molar-refractivity contribution in [3.63, 3.8) is 0 Å². The summed E-state index contributed by atoms with van der Waals surface area (Å²) in [5.41, 5.74) is 4.83. The van der Waals surface area contributed by atoms with E-state index in [9.17, 15) is 4.79 Å². The molecule has 2 rings (SSSR count). The number of nitrogens with zero attached hydrogens (tertiary/aromatic N) is 3. The van der Waals surface area contributed by atoms with E-state index in [1.165, 1.54) is 0 Å². The second kappa shape index (κ2) is 5.87. The Kier molecular flexibility index (Phi) is 4.16. The molecule has 110 valence electrons. The second-order valence-corrected chi connectivity index (χ2v) is 5.87. The Morgan fingerprint density at radius 1 is 1.33 bits per heavy atom. The molecule has 2 N–H and O–H groups in total. The van der Waals surface area contributed by atoms with Gasteiger partial charge in [0, 0.05) is 5.41 Å². The van der Waals surface area contributed by atoms with Crippen molar-refractivity contribution in [2.24, 2.45) is 5.10 Å². The monoisotopic (exact) mass is 285 g/mol. The van der Waals surface area contributed by atoms with Crippen molar-refractivity contribution in [3.05, 3.63) is 51.6 Å². The van der Waals surface area contributed by atoms with Crippen molar-refractivity contribution < 1.29 is 0 Å². The molecular weight excluding hydrogens is 266 g/mol. The molecule has 0 saturated carbocycles. The number of benzene rings is 1. The first-order valence-electron chi connectivity index (χ1n) is 6.69. The van der Waals surface area contributed by atoms with Crippen molar-refractivity contribution in [1.29, 1.82) is 0 Å². The van der Waals surface area contributed by atoms with Gasteiger partial charge < -0.3 is 0 Å². The van der Waals surface area contributed by atoms with Crippen LogP contribution in [0.2, 0.25) is 0 Å². The van der Waals surface area contributed by atoms with Gasteiger partial charge >= 0.3 is 5.69 Å². The molecule has 0 aliphatic heterocycles. The topological polar surface area (TPSA) is 83.0 Å². The number of aromatic amines is 1. The van der Waals surface area contributed by atoms with Gasteiger partial charge in [0.1, 0.15) is 5.69 Å². The quantitative estimate of drug-likeness (QED) is 0.669. The van der Waals surface area contributed by atoms with Gasteiger partial charge in [0.2, 0.25) is 0 Å². The molecule has 0 bridgehead atoms. The van der Waals surface area contributed by atoms with Gasteiger partial charge in [0.25, 0.3) is 0 Å². The molecule has 0 fully saturated rings. The van der Waals surface area contributed by atoms with Gasteiger partial charge in [-0.2, -0.15) is 15.2 Å². The van der Waals surface area contributed by atoms with Crippen molar-refractivity contribution in [1.82, 2.24) is 15.2 Å². The zero-order valence-corrected chi connectivity index (χ0v) is 12.6. The van der Waals surface area contributed by atoms with Crippen LogP contribution in [0.1, 0.15) is 37.6 Å². The highest BCUT2D eigenvalue weighted by Crippen LogP contribution is 2.24. The van der Waals surface area contributed by atoms with Gasteiger partial charge in [-0.05, 0) is 12.5 Å². The molecule has 0 spiro atoms. The molecule has 0 radical (unpaired) electrons. The van der Waals surface area contributed by atoms with E-state index in [2.05, 4.69) is 25.7 Å². The highest BCUT2D eigenvalue weighted by Gasteiger charge is 2.21. The van der Waals surface area contributed by atoms with Gasteiger partial charge in [-0.25, -0.2) is 9.89 Å². The molecule has 1 aromatic carbocycles. The number of hydrogen-bond acceptors (Lipinski definition) is 5. The molecule has 0 aliphatic rings. The molecule has 1 aromatic heterocycles. The van der Waals surface area contributed by atoms with E-state index >= 15 is 0 Å². The van der Waals surface area contributed by atoms with Crippen LogP contribution in [-0.2, 0) is 5.41 Å². The minimum Gasteiger partial charge on any atom is -0.260 e. The summed E-state index contributed by atoms with van der Waals surface area (Å²) in [7, 11) is 0. The maximum Gasteiger partial charge on any atom is 0.363 e. The number of aromatic nitrogens is 3. The van der Waals surface area contributed by atoms with Crippen LogP contribution in [-0.4, -0.2) is 21.4 Å². The molecule has 0 atom stereocenters. The van der Waals surface area contributed by atoms with Gasteiger partial charge in [-0.3, -0.25) is 5.43 Å². The van der Waals surface area contributed by atoms with Gasteiger partial charge in [0.15, 0.2) is 5.82 Å². The molecule has 0 aliphatic carbocycles. The first-order chi connectivity index (χ1) is 9.86. The van der Waals surface area contributed by atoms with Crippen LogP contribution >= 0.6 is 0 Å². The summed E-state index contributed by atoms with van der Waals surface area (Å²) >= 11 is 0. The molecule has 6 heteroatoms. The summed E-state index contributed by atoms with van der Waals surface area (Å²) in [6.45, 7) is 7.99. The van der Waals surface area contributed by atoms with Crippen molar-refractivity contribution >= 4 is 12.0 Å². The number of H-pyrrole nitrogens is 1. The second-order valence-electron chi connectivity index (χ2n) is 5.87. The third kappa shape index (κ3) is 3.98. The average molecular weight is 285 g/mol. The fourth-order valence-corrected chi connectivity index (χ4v) is 1.86. The molecule has 0 unspecified atom stereocenters. The Bertz CT molecular complexity index is 712. The maximum absolute atomic E-state index is 11.3. The lowest BCUT2D eigenvalue weighted by Crippen LogP contribution is -2.24. The number of rotatable bonds is 3. The van der Waals surface area contributed by atoms with Crippen LogP contribution in [0.4, 0.5) is 5.82 Å². The summed E-state index contributed by atoms with van der Waals surface area (Å²) in [6, 6.07) is 7.95. The predicted octanol–water partition coefficient (Wildman–Crippen LogP) is 2.22. The Hall–Kier alpha value is -2.50. The Morgan fingerprint density at radius 3 is 2.76 bits per heavy atom. The summed E-state index contributed by atoms with van der Waals surface area (Å²) in [6.07, 6.45) is 1.68. The van der Waals surface area contributed by atoms with Crippen LogP contribution in [0.5, 0.6) is 0 Å². The molecular formula is C15H19N5O. The van der Waals surface area contributed by atoms with E-state index < -0.39 is 5.69 Å². The Balaban J connectivity index is 2.24. The molecule has 6 nitrogen and oxygen atoms in total. The molecule has 0 saturated heterocycles. The van der Waals surface area contributed by atoms with E-state index in [0.717, 1.165) is 11.1 Å². The first kappa shape index (κ1) is 14.9. The lowest BCUT2D eigenvalue weighted by atomic mass is 9.92. The highest BCUT2D eigenvalue weighted by atomic mass is 16.1. The van der Waals surface area contributed by atoms with Gasteiger partial charge in [-0.15, -0.1) is 0 Å². The van der Waals surface area contributed by atoms with Crippen LogP contribution in [0, 0.1) is 6.92 Å². The van der Waals surface area contributed by atoms with Crippen molar-refractivity contribution in [2.75, 3.05) is 5.43 Å². The molecule has 0 amide bonds. The zero-order valence-electron chi connectivity index (χ0n) is 12.6. The third-order valence-corrected chi connectivity index (χ3v) is 2.84. The molecule has 2 aromatic rings. The largest absolute Gasteiger partial charge is 0.363 e.